The minimum Gasteiger partial charge on any atom is -0.493 e. The minimum atomic E-state index is -0.00533. The Morgan fingerprint density at radius 1 is 1.18 bits per heavy atom. The van der Waals surface area contributed by atoms with E-state index in [9.17, 15) is 4.79 Å². The second kappa shape index (κ2) is 7.13. The average molecular weight is 389 g/mol. The second-order valence-electron chi connectivity index (χ2n) is 6.84. The van der Waals surface area contributed by atoms with Gasteiger partial charge in [-0.1, -0.05) is 48.5 Å². The predicted molar refractivity (Wildman–Crippen MR) is 110 cm³/mol. The molecule has 1 aliphatic rings. The molecule has 4 aromatic rings. The Kier molecular flexibility index (Phi) is 4.33. The van der Waals surface area contributed by atoms with Crippen molar-refractivity contribution in [3.05, 3.63) is 77.4 Å². The fourth-order valence-electron chi connectivity index (χ4n) is 3.61. The molecule has 0 bridgehead atoms. The number of ether oxygens (including phenoxy) is 1. The van der Waals surface area contributed by atoms with Gasteiger partial charge in [-0.3, -0.25) is 9.20 Å². The van der Waals surface area contributed by atoms with Gasteiger partial charge in [-0.15, -0.1) is 11.3 Å². The van der Waals surface area contributed by atoms with Crippen molar-refractivity contribution in [3.63, 3.8) is 0 Å². The summed E-state index contributed by atoms with van der Waals surface area (Å²) in [6.07, 6.45) is 3.11. The largest absolute Gasteiger partial charge is 0.493 e. The van der Waals surface area contributed by atoms with E-state index in [2.05, 4.69) is 10.3 Å². The number of hydrogen-bond acceptors (Lipinski definition) is 4. The van der Waals surface area contributed by atoms with Gasteiger partial charge in [-0.25, -0.2) is 4.98 Å². The van der Waals surface area contributed by atoms with E-state index in [1.165, 1.54) is 0 Å². The molecule has 0 aliphatic carbocycles. The summed E-state index contributed by atoms with van der Waals surface area (Å²) in [6, 6.07) is 18.0. The van der Waals surface area contributed by atoms with E-state index in [1.807, 2.05) is 70.6 Å². The number of para-hydroxylation sites is 1. The predicted octanol–water partition coefficient (Wildman–Crippen LogP) is 4.25. The molecule has 0 saturated carbocycles. The molecule has 0 radical (unpaired) electrons. The fraction of sp³-hybridized carbons (Fsp3) is 0.182. The van der Waals surface area contributed by atoms with E-state index < -0.39 is 0 Å². The van der Waals surface area contributed by atoms with Crippen LogP contribution in [0.4, 0.5) is 0 Å². The molecular weight excluding hydrogens is 370 g/mol. The Morgan fingerprint density at radius 2 is 2.00 bits per heavy atom. The van der Waals surface area contributed by atoms with E-state index in [-0.39, 0.29) is 11.9 Å². The third-order valence-corrected chi connectivity index (χ3v) is 5.88. The number of thiazole rings is 1. The van der Waals surface area contributed by atoms with Crippen LogP contribution in [-0.2, 0) is 11.2 Å². The van der Waals surface area contributed by atoms with Gasteiger partial charge in [0.15, 0.2) is 4.96 Å². The van der Waals surface area contributed by atoms with Crippen LogP contribution in [0.2, 0.25) is 0 Å². The number of fused-ring (bicyclic) bond motifs is 2. The van der Waals surface area contributed by atoms with Crippen LogP contribution in [0.3, 0.4) is 0 Å². The summed E-state index contributed by atoms with van der Waals surface area (Å²) in [7, 11) is 0. The Hall–Kier alpha value is -3.12. The van der Waals surface area contributed by atoms with Crippen molar-refractivity contribution >= 4 is 22.2 Å². The molecule has 1 atom stereocenters. The number of nitrogens with zero attached hydrogens (tertiary/aromatic N) is 2. The molecule has 6 heteroatoms. The summed E-state index contributed by atoms with van der Waals surface area (Å²) in [5.74, 6) is 0.871. The lowest BCUT2D eigenvalue weighted by Crippen LogP contribution is -2.33. The van der Waals surface area contributed by atoms with Gasteiger partial charge >= 0.3 is 0 Å². The third kappa shape index (κ3) is 3.16. The van der Waals surface area contributed by atoms with E-state index in [0.717, 1.165) is 39.6 Å². The van der Waals surface area contributed by atoms with Gasteiger partial charge in [0.25, 0.3) is 0 Å². The maximum Gasteiger partial charge on any atom is 0.226 e. The summed E-state index contributed by atoms with van der Waals surface area (Å²) in [4.78, 5) is 18.3. The second-order valence-corrected chi connectivity index (χ2v) is 7.68. The molecule has 2 aromatic heterocycles. The molecular formula is C22H19N3O2S. The molecule has 2 aromatic carbocycles. The summed E-state index contributed by atoms with van der Waals surface area (Å²) in [6.45, 7) is 0.618. The van der Waals surface area contributed by atoms with Gasteiger partial charge in [0.2, 0.25) is 5.91 Å². The van der Waals surface area contributed by atoms with Gasteiger partial charge in [-0.05, 0) is 6.07 Å². The molecule has 5 nitrogen and oxygen atoms in total. The molecule has 3 heterocycles. The maximum absolute atomic E-state index is 12.7. The van der Waals surface area contributed by atoms with Gasteiger partial charge in [0.1, 0.15) is 5.75 Å². The zero-order valence-corrected chi connectivity index (χ0v) is 16.0. The molecule has 0 spiro atoms. The van der Waals surface area contributed by atoms with Gasteiger partial charge in [0, 0.05) is 34.8 Å². The third-order valence-electron chi connectivity index (χ3n) is 4.99. The number of carbonyl (C=O) groups is 1. The van der Waals surface area contributed by atoms with Crippen LogP contribution in [0.25, 0.3) is 16.2 Å². The summed E-state index contributed by atoms with van der Waals surface area (Å²) < 4.78 is 7.70. The quantitative estimate of drug-likeness (QED) is 0.568. The Balaban J connectivity index is 1.34. The van der Waals surface area contributed by atoms with Crippen LogP contribution in [-0.4, -0.2) is 21.9 Å². The highest BCUT2D eigenvalue weighted by atomic mass is 32.1. The first-order valence-electron chi connectivity index (χ1n) is 9.30. The van der Waals surface area contributed by atoms with E-state index in [4.69, 9.17) is 4.74 Å². The minimum absolute atomic E-state index is 0.00533. The highest BCUT2D eigenvalue weighted by molar-refractivity contribution is 7.15. The molecule has 0 unspecified atom stereocenters. The van der Waals surface area contributed by atoms with E-state index in [1.54, 1.807) is 11.3 Å². The zero-order chi connectivity index (χ0) is 18.9. The number of nitrogens with one attached hydrogen (secondary N) is 1. The first-order chi connectivity index (χ1) is 13.8. The monoisotopic (exact) mass is 389 g/mol. The Morgan fingerprint density at radius 3 is 2.89 bits per heavy atom. The normalized spacial score (nSPS) is 15.8. The average Bonchev–Trinajstić information content (AvgIpc) is 3.31. The number of hydrogen-bond donors (Lipinski definition) is 1. The molecule has 28 heavy (non-hydrogen) atoms. The van der Waals surface area contributed by atoms with Gasteiger partial charge in [0.05, 0.1) is 24.8 Å². The number of imidazole rings is 1. The van der Waals surface area contributed by atoms with Crippen LogP contribution < -0.4 is 10.1 Å². The van der Waals surface area contributed by atoms with Crippen molar-refractivity contribution in [1.29, 1.82) is 0 Å². The lowest BCUT2D eigenvalue weighted by atomic mass is 10.0. The first-order valence-corrected chi connectivity index (χ1v) is 10.2. The molecule has 1 aliphatic heterocycles. The van der Waals surface area contributed by atoms with Gasteiger partial charge < -0.3 is 10.1 Å². The Bertz CT molecular complexity index is 1130. The Labute approximate surface area is 166 Å². The number of aromatic nitrogens is 2. The number of rotatable bonds is 4. The van der Waals surface area contributed by atoms with Crippen molar-refractivity contribution in [2.24, 2.45) is 0 Å². The molecule has 5 rings (SSSR count). The first kappa shape index (κ1) is 17.0. The highest BCUT2D eigenvalue weighted by Crippen LogP contribution is 2.31. The highest BCUT2D eigenvalue weighted by Gasteiger charge is 2.23. The van der Waals surface area contributed by atoms with E-state index in [0.29, 0.717) is 13.0 Å². The molecule has 1 amide bonds. The van der Waals surface area contributed by atoms with Crippen molar-refractivity contribution in [3.8, 4) is 17.0 Å². The zero-order valence-electron chi connectivity index (χ0n) is 15.2. The molecule has 0 fully saturated rings. The number of carbonyl (C=O) groups excluding carboxylic acids is 1. The van der Waals surface area contributed by atoms with Crippen LogP contribution in [0.15, 0.2) is 66.2 Å². The maximum atomic E-state index is 12.7. The van der Waals surface area contributed by atoms with Crippen molar-refractivity contribution in [2.75, 3.05) is 6.61 Å². The van der Waals surface area contributed by atoms with Crippen molar-refractivity contribution < 1.29 is 9.53 Å². The SMILES string of the molecule is O=C(Cc1csc2nc(-c3ccccc3)cn12)N[C@H]1CCOc2ccccc21. The van der Waals surface area contributed by atoms with Gasteiger partial charge in [-0.2, -0.15) is 0 Å². The van der Waals surface area contributed by atoms with Crippen LogP contribution in [0.5, 0.6) is 5.75 Å². The summed E-state index contributed by atoms with van der Waals surface area (Å²) >= 11 is 1.56. The van der Waals surface area contributed by atoms with E-state index >= 15 is 0 Å². The summed E-state index contributed by atoms with van der Waals surface area (Å²) in [5.41, 5.74) is 4.00. The summed E-state index contributed by atoms with van der Waals surface area (Å²) in [5, 5.41) is 5.18. The topological polar surface area (TPSA) is 55.6 Å². The smallest absolute Gasteiger partial charge is 0.226 e. The molecule has 140 valence electrons. The number of amides is 1. The van der Waals surface area contributed by atoms with Crippen LogP contribution in [0.1, 0.15) is 23.7 Å². The van der Waals surface area contributed by atoms with Crippen LogP contribution in [0, 0.1) is 0 Å². The lowest BCUT2D eigenvalue weighted by Gasteiger charge is -2.26. The fourth-order valence-corrected chi connectivity index (χ4v) is 4.48. The number of benzene rings is 2. The van der Waals surface area contributed by atoms with Crippen molar-refractivity contribution in [1.82, 2.24) is 14.7 Å². The molecule has 1 N–H and O–H groups in total. The van der Waals surface area contributed by atoms with Crippen LogP contribution >= 0.6 is 11.3 Å². The molecule has 0 saturated heterocycles. The van der Waals surface area contributed by atoms with Crippen molar-refractivity contribution in [2.45, 2.75) is 18.9 Å². The lowest BCUT2D eigenvalue weighted by molar-refractivity contribution is -0.121. The standard InChI is InChI=1S/C22H19N3O2S/c26-21(23-18-10-11-27-20-9-5-4-8-17(18)20)12-16-14-28-22-24-19(13-25(16)22)15-6-2-1-3-7-15/h1-9,13-14,18H,10-12H2,(H,23,26)/t18-/m0/s1.